The van der Waals surface area contributed by atoms with Crippen molar-refractivity contribution in [1.29, 1.82) is 5.26 Å². The monoisotopic (exact) mass is 610 g/mol. The van der Waals surface area contributed by atoms with E-state index in [-0.39, 0.29) is 0 Å². The number of fused-ring (bicyclic) bond motifs is 3. The highest BCUT2D eigenvalue weighted by atomic mass is 15.0. The fourth-order valence-electron chi connectivity index (χ4n) is 8.93. The van der Waals surface area contributed by atoms with Crippen LogP contribution in [-0.4, -0.2) is 15.0 Å². The summed E-state index contributed by atoms with van der Waals surface area (Å²) in [6.45, 7) is 4.91. The smallest absolute Gasteiger partial charge is 0.164 e. The Balaban J connectivity index is 1.25. The molecule has 0 saturated heterocycles. The summed E-state index contributed by atoms with van der Waals surface area (Å²) in [5.41, 5.74) is 7.48. The summed E-state index contributed by atoms with van der Waals surface area (Å²) in [4.78, 5) is 15.2. The third-order valence-corrected chi connectivity index (χ3v) is 10.6. The molecule has 6 aromatic rings. The van der Waals surface area contributed by atoms with Gasteiger partial charge in [-0.3, -0.25) is 0 Å². The third-order valence-electron chi connectivity index (χ3n) is 10.6. The minimum atomic E-state index is 0.301. The van der Waals surface area contributed by atoms with Gasteiger partial charge in [0.15, 0.2) is 17.5 Å². The zero-order valence-electron chi connectivity index (χ0n) is 27.0. The van der Waals surface area contributed by atoms with Gasteiger partial charge in [-0.25, -0.2) is 15.0 Å². The SMILES string of the molecule is C[C@@H]1CC2C[C@H](C)CC(c3ccc(-c4ccccc4-c4nc(-c5ccccc5)nc(-c5cccc6c(C#N)cccc56)n4)cc3)(C2)C1. The maximum Gasteiger partial charge on any atom is 0.164 e. The predicted molar refractivity (Wildman–Crippen MR) is 190 cm³/mol. The first kappa shape index (κ1) is 29.3. The number of nitrogens with zero attached hydrogens (tertiary/aromatic N) is 4. The van der Waals surface area contributed by atoms with Crippen molar-refractivity contribution in [2.75, 3.05) is 0 Å². The van der Waals surface area contributed by atoms with Crippen molar-refractivity contribution in [3.63, 3.8) is 0 Å². The average Bonchev–Trinajstić information content (AvgIpc) is 3.10. The standard InChI is InChI=1S/C43H38N4/c1-28-22-30-23-29(2)25-43(24-28,26-30)34-20-18-31(19-21-34)35-13-6-7-14-38(35)41-45-40(32-10-4-3-5-11-32)46-42(47-41)39-17-9-15-36-33(27-44)12-8-16-37(36)39/h3-21,28-30H,22-26H2,1-2H3/t28-,29+,30?,43?. The maximum atomic E-state index is 9.79. The quantitative estimate of drug-likeness (QED) is 0.195. The van der Waals surface area contributed by atoms with Gasteiger partial charge in [0.05, 0.1) is 11.6 Å². The van der Waals surface area contributed by atoms with E-state index in [0.717, 1.165) is 56.3 Å². The fraction of sp³-hybridized carbons (Fsp3) is 0.256. The van der Waals surface area contributed by atoms with Crippen molar-refractivity contribution in [2.24, 2.45) is 17.8 Å². The lowest BCUT2D eigenvalue weighted by Gasteiger charge is -2.50. The van der Waals surface area contributed by atoms with Crippen LogP contribution in [0.15, 0.2) is 115 Å². The topological polar surface area (TPSA) is 62.5 Å². The first-order chi connectivity index (χ1) is 23.0. The molecule has 8 rings (SSSR count). The highest BCUT2D eigenvalue weighted by molar-refractivity contribution is 5.98. The second-order valence-corrected chi connectivity index (χ2v) is 14.1. The molecule has 0 amide bonds. The molecule has 2 saturated carbocycles. The number of hydrogen-bond acceptors (Lipinski definition) is 4. The lowest BCUT2D eigenvalue weighted by Crippen LogP contribution is -2.42. The van der Waals surface area contributed by atoms with Crippen molar-refractivity contribution in [3.05, 3.63) is 126 Å². The summed E-state index contributed by atoms with van der Waals surface area (Å²) in [5.74, 6) is 4.26. The van der Waals surface area contributed by atoms with Crippen LogP contribution < -0.4 is 0 Å². The molecular weight excluding hydrogens is 573 g/mol. The van der Waals surface area contributed by atoms with Crippen LogP contribution in [0, 0.1) is 29.1 Å². The zero-order valence-corrected chi connectivity index (χ0v) is 27.0. The highest BCUT2D eigenvalue weighted by Crippen LogP contribution is 2.54. The number of rotatable bonds is 5. The molecule has 4 atom stereocenters. The largest absolute Gasteiger partial charge is 0.208 e. The first-order valence-corrected chi connectivity index (χ1v) is 16.9. The highest BCUT2D eigenvalue weighted by Gasteiger charge is 2.45. The van der Waals surface area contributed by atoms with Gasteiger partial charge in [-0.15, -0.1) is 0 Å². The molecule has 47 heavy (non-hydrogen) atoms. The van der Waals surface area contributed by atoms with E-state index >= 15 is 0 Å². The van der Waals surface area contributed by atoms with Gasteiger partial charge >= 0.3 is 0 Å². The summed E-state index contributed by atoms with van der Waals surface area (Å²) in [6, 6.07) is 42.1. The lowest BCUT2D eigenvalue weighted by atomic mass is 9.54. The fourth-order valence-corrected chi connectivity index (χ4v) is 8.93. The zero-order chi connectivity index (χ0) is 32.0. The number of hydrogen-bond donors (Lipinski definition) is 0. The second kappa shape index (κ2) is 11.9. The van der Waals surface area contributed by atoms with Crippen molar-refractivity contribution >= 4 is 10.8 Å². The number of nitriles is 1. The summed E-state index contributed by atoms with van der Waals surface area (Å²) < 4.78 is 0. The molecule has 1 heterocycles. The average molecular weight is 611 g/mol. The van der Waals surface area contributed by atoms with E-state index < -0.39 is 0 Å². The summed E-state index contributed by atoms with van der Waals surface area (Å²) in [7, 11) is 0. The molecule has 1 aromatic heterocycles. The summed E-state index contributed by atoms with van der Waals surface area (Å²) in [5, 5.41) is 11.6. The van der Waals surface area contributed by atoms with Crippen LogP contribution >= 0.6 is 0 Å². The van der Waals surface area contributed by atoms with Crippen LogP contribution in [0.2, 0.25) is 0 Å². The Hall–Kier alpha value is -5.14. The molecule has 2 unspecified atom stereocenters. The van der Waals surface area contributed by atoms with E-state index in [1.165, 1.54) is 37.7 Å². The van der Waals surface area contributed by atoms with Crippen LogP contribution in [0.5, 0.6) is 0 Å². The van der Waals surface area contributed by atoms with Crippen molar-refractivity contribution < 1.29 is 0 Å². The molecular formula is C43H38N4. The molecule has 0 radical (unpaired) electrons. The van der Waals surface area contributed by atoms with E-state index in [1.807, 2.05) is 66.7 Å². The third kappa shape index (κ3) is 5.40. The molecule has 2 aliphatic rings. The van der Waals surface area contributed by atoms with Crippen LogP contribution in [-0.2, 0) is 5.41 Å². The van der Waals surface area contributed by atoms with Gasteiger partial charge in [0.1, 0.15) is 0 Å². The second-order valence-electron chi connectivity index (χ2n) is 14.1. The molecule has 4 heteroatoms. The van der Waals surface area contributed by atoms with E-state index in [2.05, 4.69) is 68.4 Å². The Morgan fingerprint density at radius 3 is 1.87 bits per heavy atom. The molecule has 2 fully saturated rings. The Kier molecular flexibility index (Phi) is 7.41. The first-order valence-electron chi connectivity index (χ1n) is 16.9. The molecule has 230 valence electrons. The molecule has 5 aromatic carbocycles. The van der Waals surface area contributed by atoms with Crippen LogP contribution in [0.1, 0.15) is 57.1 Å². The van der Waals surface area contributed by atoms with E-state index in [1.54, 1.807) is 0 Å². The van der Waals surface area contributed by atoms with Gasteiger partial charge in [0.2, 0.25) is 0 Å². The van der Waals surface area contributed by atoms with E-state index in [9.17, 15) is 5.26 Å². The predicted octanol–water partition coefficient (Wildman–Crippen LogP) is 10.7. The van der Waals surface area contributed by atoms with Crippen molar-refractivity contribution in [3.8, 4) is 51.4 Å². The van der Waals surface area contributed by atoms with E-state index in [0.29, 0.717) is 28.5 Å². The van der Waals surface area contributed by atoms with Crippen molar-refractivity contribution in [2.45, 2.75) is 51.4 Å². The molecule has 0 N–H and O–H groups in total. The number of benzene rings is 5. The van der Waals surface area contributed by atoms with Gasteiger partial charge < -0.3 is 0 Å². The maximum absolute atomic E-state index is 9.79. The Morgan fingerprint density at radius 1 is 0.553 bits per heavy atom. The van der Waals surface area contributed by atoms with Crippen LogP contribution in [0.25, 0.3) is 56.1 Å². The molecule has 2 bridgehead atoms. The summed E-state index contributed by atoms with van der Waals surface area (Å²) >= 11 is 0. The van der Waals surface area contributed by atoms with Gasteiger partial charge in [0.25, 0.3) is 0 Å². The van der Waals surface area contributed by atoms with Crippen LogP contribution in [0.3, 0.4) is 0 Å². The van der Waals surface area contributed by atoms with Gasteiger partial charge in [0, 0.05) is 22.1 Å². The lowest BCUT2D eigenvalue weighted by molar-refractivity contribution is 0.0780. The Labute approximate surface area is 277 Å². The Bertz CT molecular complexity index is 2110. The van der Waals surface area contributed by atoms with Gasteiger partial charge in [-0.05, 0) is 83.4 Å². The van der Waals surface area contributed by atoms with Crippen molar-refractivity contribution in [1.82, 2.24) is 15.0 Å². The number of aromatic nitrogens is 3. The van der Waals surface area contributed by atoms with Crippen LogP contribution in [0.4, 0.5) is 0 Å². The molecule has 0 spiro atoms. The molecule has 0 aliphatic heterocycles. The van der Waals surface area contributed by atoms with E-state index in [4.69, 9.17) is 15.0 Å². The molecule has 2 aliphatic carbocycles. The Morgan fingerprint density at radius 2 is 1.15 bits per heavy atom. The minimum absolute atomic E-state index is 0.301. The van der Waals surface area contributed by atoms with Gasteiger partial charge in [-0.1, -0.05) is 123 Å². The summed E-state index contributed by atoms with van der Waals surface area (Å²) in [6.07, 6.45) is 6.69. The minimum Gasteiger partial charge on any atom is -0.208 e. The molecule has 4 nitrogen and oxygen atoms in total. The van der Waals surface area contributed by atoms with Gasteiger partial charge in [-0.2, -0.15) is 5.26 Å². The normalized spacial score (nSPS) is 22.1.